The maximum atomic E-state index is 5.71. The van der Waals surface area contributed by atoms with Gasteiger partial charge in [0, 0.05) is 39.3 Å². The lowest BCUT2D eigenvalue weighted by atomic mass is 10.1. The van der Waals surface area contributed by atoms with Crippen molar-refractivity contribution < 1.29 is 18.9 Å². The zero-order chi connectivity index (χ0) is 19.5. The summed E-state index contributed by atoms with van der Waals surface area (Å²) in [6.45, 7) is 4.66. The van der Waals surface area contributed by atoms with Gasteiger partial charge in [-0.3, -0.25) is 4.99 Å². The van der Waals surface area contributed by atoms with Gasteiger partial charge in [-0.15, -0.1) is 24.0 Å². The van der Waals surface area contributed by atoms with Crippen LogP contribution in [0.4, 0.5) is 0 Å². The van der Waals surface area contributed by atoms with Crippen LogP contribution in [0.25, 0.3) is 0 Å². The van der Waals surface area contributed by atoms with Crippen molar-refractivity contribution in [3.8, 4) is 11.5 Å². The molecule has 1 unspecified atom stereocenters. The number of ether oxygens (including phenoxy) is 4. The summed E-state index contributed by atoms with van der Waals surface area (Å²) < 4.78 is 22.6. The van der Waals surface area contributed by atoms with E-state index in [2.05, 4.69) is 31.6 Å². The monoisotopic (exact) mass is 571 g/mol. The van der Waals surface area contributed by atoms with Crippen LogP contribution in [-0.4, -0.2) is 60.2 Å². The first-order valence-electron chi connectivity index (χ1n) is 9.18. The maximum Gasteiger partial charge on any atom is 0.191 e. The predicted octanol–water partition coefficient (Wildman–Crippen LogP) is 3.19. The minimum absolute atomic E-state index is 0. The number of nitrogens with one attached hydrogen (secondary N) is 2. The molecule has 2 rings (SSSR count). The number of rotatable bonds is 10. The molecule has 28 heavy (non-hydrogen) atoms. The molecule has 9 heteroatoms. The van der Waals surface area contributed by atoms with Gasteiger partial charge in [-0.25, -0.2) is 0 Å². The fraction of sp³-hybridized carbons (Fsp3) is 0.632. The number of nitrogens with zero attached hydrogens (tertiary/aromatic N) is 1. The molecule has 1 aromatic carbocycles. The minimum atomic E-state index is 0. The first kappa shape index (κ1) is 25.3. The van der Waals surface area contributed by atoms with Gasteiger partial charge in [0.15, 0.2) is 17.5 Å². The van der Waals surface area contributed by atoms with Crippen LogP contribution in [0.15, 0.2) is 21.6 Å². The first-order chi connectivity index (χ1) is 13.2. The maximum absolute atomic E-state index is 5.71. The molecule has 0 aliphatic carbocycles. The van der Waals surface area contributed by atoms with Gasteiger partial charge in [0.1, 0.15) is 0 Å². The Bertz CT molecular complexity index is 613. The van der Waals surface area contributed by atoms with E-state index >= 15 is 0 Å². The molecule has 1 saturated heterocycles. The predicted molar refractivity (Wildman–Crippen MR) is 125 cm³/mol. The van der Waals surface area contributed by atoms with E-state index in [9.17, 15) is 0 Å². The summed E-state index contributed by atoms with van der Waals surface area (Å²) in [5, 5.41) is 6.60. The van der Waals surface area contributed by atoms with E-state index < -0.39 is 0 Å². The van der Waals surface area contributed by atoms with E-state index in [-0.39, 0.29) is 24.0 Å². The van der Waals surface area contributed by atoms with E-state index in [1.165, 1.54) is 0 Å². The van der Waals surface area contributed by atoms with Crippen LogP contribution in [0.5, 0.6) is 11.5 Å². The first-order valence-corrected chi connectivity index (χ1v) is 9.97. The van der Waals surface area contributed by atoms with Crippen molar-refractivity contribution >= 4 is 45.9 Å². The zero-order valence-electron chi connectivity index (χ0n) is 16.8. The highest BCUT2D eigenvalue weighted by atomic mass is 127. The second kappa shape index (κ2) is 14.2. The summed E-state index contributed by atoms with van der Waals surface area (Å²) in [4.78, 5) is 4.25. The van der Waals surface area contributed by atoms with Gasteiger partial charge in [0.05, 0.1) is 31.9 Å². The van der Waals surface area contributed by atoms with Crippen LogP contribution in [-0.2, 0) is 16.0 Å². The van der Waals surface area contributed by atoms with Gasteiger partial charge in [0.2, 0.25) is 0 Å². The largest absolute Gasteiger partial charge is 0.493 e. The van der Waals surface area contributed by atoms with Crippen molar-refractivity contribution in [2.45, 2.75) is 19.4 Å². The Morgan fingerprint density at radius 2 is 2.11 bits per heavy atom. The van der Waals surface area contributed by atoms with Gasteiger partial charge >= 0.3 is 0 Å². The molecule has 1 atom stereocenters. The Morgan fingerprint density at radius 3 is 2.75 bits per heavy atom. The fourth-order valence-corrected chi connectivity index (χ4v) is 3.48. The lowest BCUT2D eigenvalue weighted by Gasteiger charge is -2.15. The SMILES string of the molecule is CN=C(NCCCOCC1CCOC1)NCc1cc(Br)c(OC)c(OC)c1.I. The molecule has 0 radical (unpaired) electrons. The van der Waals surface area contributed by atoms with Gasteiger partial charge in [-0.05, 0) is 46.5 Å². The third-order valence-electron chi connectivity index (χ3n) is 4.31. The smallest absolute Gasteiger partial charge is 0.191 e. The van der Waals surface area contributed by atoms with E-state index in [1.807, 2.05) is 12.1 Å². The van der Waals surface area contributed by atoms with E-state index in [4.69, 9.17) is 18.9 Å². The van der Waals surface area contributed by atoms with Crippen molar-refractivity contribution in [2.75, 3.05) is 54.2 Å². The van der Waals surface area contributed by atoms with E-state index in [0.29, 0.717) is 24.0 Å². The third kappa shape index (κ3) is 8.30. The summed E-state index contributed by atoms with van der Waals surface area (Å²) in [7, 11) is 5.01. The molecule has 1 aliphatic rings. The van der Waals surface area contributed by atoms with Crippen LogP contribution in [0, 0.1) is 5.92 Å². The summed E-state index contributed by atoms with van der Waals surface area (Å²) >= 11 is 3.51. The molecule has 7 nitrogen and oxygen atoms in total. The van der Waals surface area contributed by atoms with Crippen LogP contribution >= 0.6 is 39.9 Å². The van der Waals surface area contributed by atoms with Crippen LogP contribution in [0.2, 0.25) is 0 Å². The van der Waals surface area contributed by atoms with Gasteiger partial charge in [-0.1, -0.05) is 0 Å². The highest BCUT2D eigenvalue weighted by Crippen LogP contribution is 2.36. The fourth-order valence-electron chi connectivity index (χ4n) is 2.83. The highest BCUT2D eigenvalue weighted by Gasteiger charge is 2.15. The number of guanidine groups is 1. The number of methoxy groups -OCH3 is 2. The summed E-state index contributed by atoms with van der Waals surface area (Å²) in [6, 6.07) is 3.95. The topological polar surface area (TPSA) is 73.3 Å². The summed E-state index contributed by atoms with van der Waals surface area (Å²) in [6.07, 6.45) is 2.04. The molecule has 1 aromatic rings. The molecular formula is C19H31BrIN3O4. The van der Waals surface area contributed by atoms with Crippen molar-refractivity contribution in [3.05, 3.63) is 22.2 Å². The standard InChI is InChI=1S/C19H30BrN3O4.HI/c1-21-19(22-6-4-7-26-12-14-5-8-27-13-14)23-11-15-9-16(20)18(25-3)17(10-15)24-2;/h9-10,14H,4-8,11-13H2,1-3H3,(H2,21,22,23);1H. The summed E-state index contributed by atoms with van der Waals surface area (Å²) in [5.74, 6) is 2.70. The van der Waals surface area contributed by atoms with Crippen molar-refractivity contribution in [2.24, 2.45) is 10.9 Å². The Morgan fingerprint density at radius 1 is 1.29 bits per heavy atom. The number of hydrogen-bond donors (Lipinski definition) is 2. The lowest BCUT2D eigenvalue weighted by molar-refractivity contribution is 0.0888. The number of aliphatic imine (C=N–C) groups is 1. The molecule has 160 valence electrons. The quantitative estimate of drug-likeness (QED) is 0.194. The van der Waals surface area contributed by atoms with Gasteiger partial charge < -0.3 is 29.6 Å². The third-order valence-corrected chi connectivity index (χ3v) is 4.90. The molecule has 0 amide bonds. The van der Waals surface area contributed by atoms with Crippen LogP contribution in [0.1, 0.15) is 18.4 Å². The van der Waals surface area contributed by atoms with E-state index in [0.717, 1.165) is 61.8 Å². The summed E-state index contributed by atoms with van der Waals surface area (Å²) in [5.41, 5.74) is 1.06. The highest BCUT2D eigenvalue weighted by molar-refractivity contribution is 14.0. The second-order valence-electron chi connectivity index (χ2n) is 6.32. The number of benzene rings is 1. The molecular weight excluding hydrogens is 541 g/mol. The zero-order valence-corrected chi connectivity index (χ0v) is 20.7. The molecule has 0 saturated carbocycles. The van der Waals surface area contributed by atoms with Crippen molar-refractivity contribution in [1.82, 2.24) is 10.6 Å². The minimum Gasteiger partial charge on any atom is -0.493 e. The lowest BCUT2D eigenvalue weighted by Crippen LogP contribution is -2.37. The molecule has 1 aliphatic heterocycles. The number of halogens is 2. The molecule has 0 bridgehead atoms. The molecule has 2 N–H and O–H groups in total. The van der Waals surface area contributed by atoms with Crippen molar-refractivity contribution in [1.29, 1.82) is 0 Å². The Balaban J connectivity index is 0.00000392. The molecule has 1 fully saturated rings. The molecule has 0 spiro atoms. The normalized spacial score (nSPS) is 16.4. The Labute approximate surface area is 193 Å². The Kier molecular flexibility index (Phi) is 12.8. The van der Waals surface area contributed by atoms with Gasteiger partial charge in [-0.2, -0.15) is 0 Å². The van der Waals surface area contributed by atoms with E-state index in [1.54, 1.807) is 21.3 Å². The average molecular weight is 572 g/mol. The molecule has 1 heterocycles. The van der Waals surface area contributed by atoms with Crippen molar-refractivity contribution in [3.63, 3.8) is 0 Å². The molecule has 0 aromatic heterocycles. The Hall–Kier alpha value is -0.780. The average Bonchev–Trinajstić information content (AvgIpc) is 3.19. The van der Waals surface area contributed by atoms with Gasteiger partial charge in [0.25, 0.3) is 0 Å². The van der Waals surface area contributed by atoms with Crippen LogP contribution < -0.4 is 20.1 Å². The number of hydrogen-bond acceptors (Lipinski definition) is 5. The van der Waals surface area contributed by atoms with Crippen LogP contribution in [0.3, 0.4) is 0 Å². The second-order valence-corrected chi connectivity index (χ2v) is 7.18.